The van der Waals surface area contributed by atoms with Crippen molar-refractivity contribution in [3.8, 4) is 5.82 Å². The summed E-state index contributed by atoms with van der Waals surface area (Å²) in [5, 5.41) is 7.24. The van der Waals surface area contributed by atoms with Gasteiger partial charge in [0.05, 0.1) is 6.54 Å². The Labute approximate surface area is 134 Å². The maximum absolute atomic E-state index is 5.93. The first kappa shape index (κ1) is 14.8. The van der Waals surface area contributed by atoms with Crippen molar-refractivity contribution in [1.29, 1.82) is 0 Å². The second-order valence-corrected chi connectivity index (χ2v) is 5.17. The van der Waals surface area contributed by atoms with Crippen LogP contribution < -0.4 is 11.1 Å². The van der Waals surface area contributed by atoms with Gasteiger partial charge in [0, 0.05) is 24.3 Å². The molecule has 0 unspecified atom stereocenters. The van der Waals surface area contributed by atoms with Crippen LogP contribution in [0.4, 0.5) is 5.69 Å². The molecule has 116 valence electrons. The van der Waals surface area contributed by atoms with Crippen molar-refractivity contribution < 1.29 is 0 Å². The minimum Gasteiger partial charge on any atom is -0.370 e. The molecule has 1 aromatic carbocycles. The van der Waals surface area contributed by atoms with E-state index in [0.29, 0.717) is 12.5 Å². The largest absolute Gasteiger partial charge is 0.370 e. The minimum atomic E-state index is 0.381. The number of hydrogen-bond donors (Lipinski definition) is 2. The number of anilines is 1. The lowest BCUT2D eigenvalue weighted by atomic mass is 10.2. The fourth-order valence-corrected chi connectivity index (χ4v) is 2.09. The Morgan fingerprint density at radius 1 is 1.22 bits per heavy atom. The monoisotopic (exact) mass is 306 g/mol. The minimum absolute atomic E-state index is 0.381. The van der Waals surface area contributed by atoms with Gasteiger partial charge in [-0.25, -0.2) is 14.7 Å². The summed E-state index contributed by atoms with van der Waals surface area (Å²) in [6, 6.07) is 13.7. The van der Waals surface area contributed by atoms with Gasteiger partial charge >= 0.3 is 0 Å². The van der Waals surface area contributed by atoms with E-state index in [-0.39, 0.29) is 0 Å². The molecule has 3 rings (SSSR count). The third-order valence-electron chi connectivity index (χ3n) is 3.30. The SMILES string of the molecule is Cc1ccc(NC(N)=NCc2ccnc(-n3cccn3)c2)cc1. The molecule has 3 N–H and O–H groups in total. The average Bonchev–Trinajstić information content (AvgIpc) is 3.10. The molecule has 0 aliphatic carbocycles. The van der Waals surface area contributed by atoms with E-state index in [0.717, 1.165) is 17.1 Å². The van der Waals surface area contributed by atoms with Gasteiger partial charge < -0.3 is 11.1 Å². The zero-order valence-corrected chi connectivity index (χ0v) is 12.8. The van der Waals surface area contributed by atoms with Gasteiger partial charge in [-0.05, 0) is 42.8 Å². The van der Waals surface area contributed by atoms with E-state index in [1.54, 1.807) is 17.1 Å². The standard InChI is InChI=1S/C17H18N6/c1-13-3-5-15(6-4-13)22-17(18)20-12-14-7-9-19-16(11-14)23-10-2-8-21-23/h2-11H,12H2,1H3,(H3,18,20,22). The normalized spacial score (nSPS) is 11.4. The van der Waals surface area contributed by atoms with Gasteiger partial charge in [-0.2, -0.15) is 5.10 Å². The molecule has 0 bridgehead atoms. The number of aryl methyl sites for hydroxylation is 1. The number of pyridine rings is 1. The van der Waals surface area contributed by atoms with Crippen LogP contribution in [0.15, 0.2) is 66.0 Å². The van der Waals surface area contributed by atoms with Crippen molar-refractivity contribution in [3.05, 3.63) is 72.2 Å². The van der Waals surface area contributed by atoms with Crippen molar-refractivity contribution in [2.24, 2.45) is 10.7 Å². The number of guanidine groups is 1. The zero-order valence-electron chi connectivity index (χ0n) is 12.8. The van der Waals surface area contributed by atoms with Crippen molar-refractivity contribution >= 4 is 11.6 Å². The number of nitrogens with one attached hydrogen (secondary N) is 1. The Balaban J connectivity index is 1.67. The quantitative estimate of drug-likeness (QED) is 0.573. The van der Waals surface area contributed by atoms with Crippen LogP contribution in [-0.2, 0) is 6.54 Å². The molecule has 0 saturated carbocycles. The lowest BCUT2D eigenvalue weighted by molar-refractivity contribution is 0.841. The molecule has 3 aromatic rings. The molecular weight excluding hydrogens is 288 g/mol. The Morgan fingerprint density at radius 2 is 2.04 bits per heavy atom. The van der Waals surface area contributed by atoms with Crippen molar-refractivity contribution in [3.63, 3.8) is 0 Å². The van der Waals surface area contributed by atoms with Gasteiger partial charge in [-0.3, -0.25) is 0 Å². The summed E-state index contributed by atoms with van der Waals surface area (Å²) in [7, 11) is 0. The first-order valence-corrected chi connectivity index (χ1v) is 7.29. The number of benzene rings is 1. The second kappa shape index (κ2) is 6.74. The van der Waals surface area contributed by atoms with Crippen molar-refractivity contribution in [2.75, 3.05) is 5.32 Å². The average molecular weight is 306 g/mol. The lowest BCUT2D eigenvalue weighted by Gasteiger charge is -2.06. The smallest absolute Gasteiger partial charge is 0.193 e. The maximum Gasteiger partial charge on any atom is 0.193 e. The number of aromatic nitrogens is 3. The topological polar surface area (TPSA) is 81.1 Å². The lowest BCUT2D eigenvalue weighted by Crippen LogP contribution is -2.22. The molecule has 0 spiro atoms. The van der Waals surface area contributed by atoms with E-state index in [4.69, 9.17) is 5.73 Å². The van der Waals surface area contributed by atoms with Gasteiger partial charge in [0.15, 0.2) is 11.8 Å². The van der Waals surface area contributed by atoms with Gasteiger partial charge in [0.1, 0.15) is 0 Å². The van der Waals surface area contributed by atoms with E-state index in [1.165, 1.54) is 5.56 Å². The summed E-state index contributed by atoms with van der Waals surface area (Å²) in [5.74, 6) is 1.14. The van der Waals surface area contributed by atoms with Crippen LogP contribution in [0.25, 0.3) is 5.82 Å². The van der Waals surface area contributed by atoms with E-state index >= 15 is 0 Å². The highest BCUT2D eigenvalue weighted by atomic mass is 15.3. The predicted octanol–water partition coefficient (Wildman–Crippen LogP) is 2.50. The van der Waals surface area contributed by atoms with Gasteiger partial charge in [0.25, 0.3) is 0 Å². The Kier molecular flexibility index (Phi) is 4.33. The predicted molar refractivity (Wildman–Crippen MR) is 91.5 cm³/mol. The van der Waals surface area contributed by atoms with Gasteiger partial charge in [-0.1, -0.05) is 17.7 Å². The highest BCUT2D eigenvalue weighted by Gasteiger charge is 2.00. The summed E-state index contributed by atoms with van der Waals surface area (Å²) in [4.78, 5) is 8.65. The van der Waals surface area contributed by atoms with Crippen LogP contribution in [0.3, 0.4) is 0 Å². The van der Waals surface area contributed by atoms with Crippen LogP contribution in [0.5, 0.6) is 0 Å². The van der Waals surface area contributed by atoms with Crippen LogP contribution in [0.2, 0.25) is 0 Å². The molecule has 0 saturated heterocycles. The van der Waals surface area contributed by atoms with Gasteiger partial charge in [0.2, 0.25) is 0 Å². The molecule has 0 atom stereocenters. The van der Waals surface area contributed by atoms with E-state index in [1.807, 2.05) is 55.6 Å². The summed E-state index contributed by atoms with van der Waals surface area (Å²) in [6.45, 7) is 2.52. The molecule has 0 radical (unpaired) electrons. The highest BCUT2D eigenvalue weighted by molar-refractivity contribution is 5.92. The molecule has 0 aliphatic rings. The molecule has 6 heteroatoms. The van der Waals surface area contributed by atoms with Crippen LogP contribution in [-0.4, -0.2) is 20.7 Å². The summed E-state index contributed by atoms with van der Waals surface area (Å²) >= 11 is 0. The fourth-order valence-electron chi connectivity index (χ4n) is 2.09. The maximum atomic E-state index is 5.93. The summed E-state index contributed by atoms with van der Waals surface area (Å²) < 4.78 is 1.71. The number of nitrogens with zero attached hydrogens (tertiary/aromatic N) is 4. The molecule has 6 nitrogen and oxygen atoms in total. The molecule has 0 amide bonds. The highest BCUT2D eigenvalue weighted by Crippen LogP contribution is 2.09. The number of hydrogen-bond acceptors (Lipinski definition) is 3. The van der Waals surface area contributed by atoms with Crippen molar-refractivity contribution in [2.45, 2.75) is 13.5 Å². The van der Waals surface area contributed by atoms with E-state index in [9.17, 15) is 0 Å². The fraction of sp³-hybridized carbons (Fsp3) is 0.118. The van der Waals surface area contributed by atoms with Crippen LogP contribution >= 0.6 is 0 Å². The summed E-state index contributed by atoms with van der Waals surface area (Å²) in [6.07, 6.45) is 5.31. The molecule has 2 aromatic heterocycles. The Morgan fingerprint density at radius 3 is 2.78 bits per heavy atom. The van der Waals surface area contributed by atoms with Crippen LogP contribution in [0.1, 0.15) is 11.1 Å². The first-order valence-electron chi connectivity index (χ1n) is 7.29. The zero-order chi connectivity index (χ0) is 16.1. The molecule has 23 heavy (non-hydrogen) atoms. The number of rotatable bonds is 4. The molecular formula is C17H18N6. The van der Waals surface area contributed by atoms with Crippen molar-refractivity contribution in [1.82, 2.24) is 14.8 Å². The van der Waals surface area contributed by atoms with Gasteiger partial charge in [-0.15, -0.1) is 0 Å². The first-order chi connectivity index (χ1) is 11.2. The van der Waals surface area contributed by atoms with Crippen LogP contribution in [0, 0.1) is 6.92 Å². The molecule has 0 fully saturated rings. The number of aliphatic imine (C=N–C) groups is 1. The number of nitrogens with two attached hydrogens (primary N) is 1. The third kappa shape index (κ3) is 3.94. The Hall–Kier alpha value is -3.15. The summed E-state index contributed by atoms with van der Waals surface area (Å²) in [5.41, 5.74) is 9.07. The second-order valence-electron chi connectivity index (χ2n) is 5.17. The molecule has 0 aliphatic heterocycles. The molecule has 2 heterocycles. The third-order valence-corrected chi connectivity index (χ3v) is 3.30. The Bertz CT molecular complexity index is 790. The van der Waals surface area contributed by atoms with E-state index < -0.39 is 0 Å². The van der Waals surface area contributed by atoms with E-state index in [2.05, 4.69) is 20.4 Å².